The number of benzene rings is 3. The SMILES string of the molecule is Cn1c(SCC(=O)Nc2cccc3ccccc23)nnc1-c1ccccc1Br. The molecule has 1 aromatic heterocycles. The van der Waals surface area contributed by atoms with Crippen LogP contribution in [-0.4, -0.2) is 26.4 Å². The van der Waals surface area contributed by atoms with E-state index in [1.54, 1.807) is 0 Å². The van der Waals surface area contributed by atoms with Crippen molar-refractivity contribution in [3.8, 4) is 11.4 Å². The highest BCUT2D eigenvalue weighted by molar-refractivity contribution is 9.10. The number of thioether (sulfide) groups is 1. The first kappa shape index (κ1) is 18.7. The van der Waals surface area contributed by atoms with Crippen LogP contribution >= 0.6 is 27.7 Å². The summed E-state index contributed by atoms with van der Waals surface area (Å²) in [5, 5.41) is 14.3. The van der Waals surface area contributed by atoms with E-state index < -0.39 is 0 Å². The maximum absolute atomic E-state index is 12.5. The van der Waals surface area contributed by atoms with Crippen LogP contribution in [0.15, 0.2) is 76.4 Å². The molecule has 0 fully saturated rings. The molecule has 5 nitrogen and oxygen atoms in total. The standard InChI is InChI=1S/C21H17BrN4OS/c1-26-20(16-10-4-5-11-17(16)22)24-25-21(26)28-13-19(27)23-18-12-6-8-14-7-2-3-9-15(14)18/h2-12H,13H2,1H3,(H,23,27). The minimum atomic E-state index is -0.0770. The zero-order chi connectivity index (χ0) is 19.5. The molecule has 0 atom stereocenters. The van der Waals surface area contributed by atoms with E-state index in [0.29, 0.717) is 5.16 Å². The number of aromatic nitrogens is 3. The molecule has 4 aromatic rings. The van der Waals surface area contributed by atoms with Gasteiger partial charge in [-0.15, -0.1) is 10.2 Å². The second-order valence-electron chi connectivity index (χ2n) is 6.21. The first-order chi connectivity index (χ1) is 13.6. The van der Waals surface area contributed by atoms with Crippen molar-refractivity contribution >= 4 is 50.1 Å². The zero-order valence-corrected chi connectivity index (χ0v) is 17.5. The lowest BCUT2D eigenvalue weighted by Crippen LogP contribution is -2.14. The number of anilines is 1. The summed E-state index contributed by atoms with van der Waals surface area (Å²) in [5.41, 5.74) is 1.78. The molecular weight excluding hydrogens is 436 g/mol. The fraction of sp³-hybridized carbons (Fsp3) is 0.0952. The molecule has 1 heterocycles. The van der Waals surface area contributed by atoms with Crippen molar-refractivity contribution in [1.82, 2.24) is 14.8 Å². The van der Waals surface area contributed by atoms with Crippen LogP contribution in [0.25, 0.3) is 22.2 Å². The van der Waals surface area contributed by atoms with Crippen LogP contribution in [0.2, 0.25) is 0 Å². The van der Waals surface area contributed by atoms with E-state index >= 15 is 0 Å². The Morgan fingerprint density at radius 3 is 2.64 bits per heavy atom. The smallest absolute Gasteiger partial charge is 0.234 e. The number of fused-ring (bicyclic) bond motifs is 1. The molecule has 0 radical (unpaired) electrons. The summed E-state index contributed by atoms with van der Waals surface area (Å²) in [6.07, 6.45) is 0. The monoisotopic (exact) mass is 452 g/mol. The van der Waals surface area contributed by atoms with Gasteiger partial charge >= 0.3 is 0 Å². The number of hydrogen-bond donors (Lipinski definition) is 1. The highest BCUT2D eigenvalue weighted by Gasteiger charge is 2.15. The van der Waals surface area contributed by atoms with Gasteiger partial charge in [0.2, 0.25) is 5.91 Å². The molecule has 7 heteroatoms. The van der Waals surface area contributed by atoms with Crippen LogP contribution in [0.5, 0.6) is 0 Å². The van der Waals surface area contributed by atoms with Gasteiger partial charge < -0.3 is 9.88 Å². The second kappa shape index (κ2) is 8.16. The maximum atomic E-state index is 12.5. The quantitative estimate of drug-likeness (QED) is 0.426. The number of hydrogen-bond acceptors (Lipinski definition) is 4. The molecule has 0 bridgehead atoms. The predicted octanol–water partition coefficient (Wildman–Crippen LogP) is 5.13. The number of nitrogens with zero attached hydrogens (tertiary/aromatic N) is 3. The van der Waals surface area contributed by atoms with Gasteiger partial charge in [0.1, 0.15) is 0 Å². The van der Waals surface area contributed by atoms with Crippen molar-refractivity contribution in [2.24, 2.45) is 7.05 Å². The largest absolute Gasteiger partial charge is 0.325 e. The zero-order valence-electron chi connectivity index (χ0n) is 15.1. The Balaban J connectivity index is 1.46. The van der Waals surface area contributed by atoms with Crippen molar-refractivity contribution in [2.45, 2.75) is 5.16 Å². The third kappa shape index (κ3) is 3.81. The molecule has 0 aliphatic heterocycles. The summed E-state index contributed by atoms with van der Waals surface area (Å²) >= 11 is 4.91. The van der Waals surface area contributed by atoms with Crippen LogP contribution in [0.4, 0.5) is 5.69 Å². The van der Waals surface area contributed by atoms with Crippen LogP contribution in [-0.2, 0) is 11.8 Å². The Bertz CT molecular complexity index is 1150. The lowest BCUT2D eigenvalue weighted by molar-refractivity contribution is -0.113. The van der Waals surface area contributed by atoms with Crippen molar-refractivity contribution in [2.75, 3.05) is 11.1 Å². The molecule has 0 spiro atoms. The van der Waals surface area contributed by atoms with Crippen molar-refractivity contribution < 1.29 is 4.79 Å². The first-order valence-corrected chi connectivity index (χ1v) is 10.5. The molecule has 4 rings (SSSR count). The highest BCUT2D eigenvalue weighted by Crippen LogP contribution is 2.29. The number of amides is 1. The number of halogens is 1. The van der Waals surface area contributed by atoms with Crippen molar-refractivity contribution in [1.29, 1.82) is 0 Å². The van der Waals surface area contributed by atoms with Crippen LogP contribution in [0.3, 0.4) is 0 Å². The minimum absolute atomic E-state index is 0.0770. The number of carbonyl (C=O) groups is 1. The summed E-state index contributed by atoms with van der Waals surface area (Å²) in [6, 6.07) is 21.7. The van der Waals surface area contributed by atoms with Crippen LogP contribution < -0.4 is 5.32 Å². The molecule has 140 valence electrons. The lowest BCUT2D eigenvalue weighted by Gasteiger charge is -2.09. The third-order valence-corrected chi connectivity index (χ3v) is 6.06. The van der Waals surface area contributed by atoms with E-state index in [1.165, 1.54) is 11.8 Å². The minimum Gasteiger partial charge on any atom is -0.325 e. The van der Waals surface area contributed by atoms with Crippen LogP contribution in [0.1, 0.15) is 0 Å². The van der Waals surface area contributed by atoms with E-state index in [-0.39, 0.29) is 11.7 Å². The number of rotatable bonds is 5. The molecule has 1 amide bonds. The second-order valence-corrected chi connectivity index (χ2v) is 8.01. The number of nitrogens with one attached hydrogen (secondary N) is 1. The summed E-state index contributed by atoms with van der Waals surface area (Å²) in [7, 11) is 1.90. The molecule has 0 saturated heterocycles. The van der Waals surface area contributed by atoms with Gasteiger partial charge in [0.25, 0.3) is 0 Å². The van der Waals surface area contributed by atoms with Gasteiger partial charge in [-0.1, -0.05) is 82.3 Å². The first-order valence-electron chi connectivity index (χ1n) is 8.68. The molecule has 1 N–H and O–H groups in total. The van der Waals surface area contributed by atoms with E-state index in [4.69, 9.17) is 0 Å². The third-order valence-electron chi connectivity index (χ3n) is 4.35. The van der Waals surface area contributed by atoms with Gasteiger partial charge in [0.15, 0.2) is 11.0 Å². The fourth-order valence-corrected chi connectivity index (χ4v) is 4.14. The van der Waals surface area contributed by atoms with E-state index in [9.17, 15) is 4.79 Å². The highest BCUT2D eigenvalue weighted by atomic mass is 79.9. The van der Waals surface area contributed by atoms with Gasteiger partial charge in [-0.25, -0.2) is 0 Å². The van der Waals surface area contributed by atoms with Gasteiger partial charge in [-0.05, 0) is 17.5 Å². The van der Waals surface area contributed by atoms with Crippen molar-refractivity contribution in [3.63, 3.8) is 0 Å². The molecule has 0 aliphatic carbocycles. The molecule has 28 heavy (non-hydrogen) atoms. The van der Waals surface area contributed by atoms with Gasteiger partial charge in [-0.2, -0.15) is 0 Å². The average molecular weight is 453 g/mol. The topological polar surface area (TPSA) is 59.8 Å². The number of carbonyl (C=O) groups excluding carboxylic acids is 1. The Morgan fingerprint density at radius 1 is 1.04 bits per heavy atom. The van der Waals surface area contributed by atoms with E-state index in [0.717, 1.165) is 32.3 Å². The van der Waals surface area contributed by atoms with Gasteiger partial charge in [0.05, 0.1) is 5.75 Å². The Morgan fingerprint density at radius 2 is 1.79 bits per heavy atom. The molecule has 0 unspecified atom stereocenters. The molecule has 3 aromatic carbocycles. The molecule has 0 saturated carbocycles. The fourth-order valence-electron chi connectivity index (χ4n) is 2.97. The predicted molar refractivity (Wildman–Crippen MR) is 117 cm³/mol. The Kier molecular flexibility index (Phi) is 5.45. The summed E-state index contributed by atoms with van der Waals surface area (Å²) in [4.78, 5) is 12.5. The van der Waals surface area contributed by atoms with Gasteiger partial charge in [-0.3, -0.25) is 4.79 Å². The summed E-state index contributed by atoms with van der Waals surface area (Å²) < 4.78 is 2.85. The van der Waals surface area contributed by atoms with Gasteiger partial charge in [0, 0.05) is 28.2 Å². The Hall–Kier alpha value is -2.64. The van der Waals surface area contributed by atoms with Crippen LogP contribution in [0, 0.1) is 0 Å². The summed E-state index contributed by atoms with van der Waals surface area (Å²) in [5.74, 6) is 0.932. The lowest BCUT2D eigenvalue weighted by atomic mass is 10.1. The average Bonchev–Trinajstić information content (AvgIpc) is 3.07. The summed E-state index contributed by atoms with van der Waals surface area (Å²) in [6.45, 7) is 0. The van der Waals surface area contributed by atoms with Crippen molar-refractivity contribution in [3.05, 3.63) is 71.2 Å². The Labute approximate surface area is 175 Å². The normalized spacial score (nSPS) is 10.9. The maximum Gasteiger partial charge on any atom is 0.234 e. The molecular formula is C21H17BrN4OS. The van der Waals surface area contributed by atoms with E-state index in [2.05, 4.69) is 31.4 Å². The van der Waals surface area contributed by atoms with E-state index in [1.807, 2.05) is 78.3 Å². The molecule has 0 aliphatic rings.